The van der Waals surface area contributed by atoms with Crippen LogP contribution in [0.3, 0.4) is 0 Å². The molecule has 7 heteroatoms. The van der Waals surface area contributed by atoms with Crippen LogP contribution in [0.5, 0.6) is 0 Å². The molecule has 0 radical (unpaired) electrons. The maximum atomic E-state index is 11.4. The van der Waals surface area contributed by atoms with Gasteiger partial charge in [-0.25, -0.2) is 4.98 Å². The lowest BCUT2D eigenvalue weighted by atomic mass is 10.2. The maximum absolute atomic E-state index is 11.4. The number of nitrogens with zero attached hydrogens (tertiary/aromatic N) is 2. The van der Waals surface area contributed by atoms with Crippen LogP contribution in [-0.4, -0.2) is 52.2 Å². The normalized spacial score (nSPS) is 19.2. The minimum atomic E-state index is -0.933. The first-order valence-electron chi connectivity index (χ1n) is 5.36. The van der Waals surface area contributed by atoms with Crippen LogP contribution in [0.15, 0.2) is 0 Å². The fourth-order valence-corrected chi connectivity index (χ4v) is 2.24. The SMILES string of the molecule is Cc1nc(Cl)c(C(C(=O)O)N2CCOCC2)[nH]1. The maximum Gasteiger partial charge on any atom is 0.327 e. The van der Waals surface area contributed by atoms with Crippen LogP contribution < -0.4 is 0 Å². The number of aromatic nitrogens is 2. The van der Waals surface area contributed by atoms with Gasteiger partial charge in [0.15, 0.2) is 11.2 Å². The molecule has 0 spiro atoms. The lowest BCUT2D eigenvalue weighted by Crippen LogP contribution is -2.42. The van der Waals surface area contributed by atoms with Crippen LogP contribution in [0.4, 0.5) is 0 Å². The van der Waals surface area contributed by atoms with Gasteiger partial charge in [-0.2, -0.15) is 0 Å². The second kappa shape index (κ2) is 5.03. The van der Waals surface area contributed by atoms with E-state index >= 15 is 0 Å². The Morgan fingerprint density at radius 2 is 2.24 bits per heavy atom. The smallest absolute Gasteiger partial charge is 0.327 e. The molecule has 2 N–H and O–H groups in total. The third-order valence-electron chi connectivity index (χ3n) is 2.72. The summed E-state index contributed by atoms with van der Waals surface area (Å²) in [6.07, 6.45) is 0. The molecular formula is C10H14ClN3O3. The molecule has 1 aliphatic heterocycles. The molecular weight excluding hydrogens is 246 g/mol. The number of carboxylic acids is 1. The molecule has 6 nitrogen and oxygen atoms in total. The molecule has 1 aliphatic rings. The Kier molecular flexibility index (Phi) is 3.66. The van der Waals surface area contributed by atoms with E-state index in [1.54, 1.807) is 6.92 Å². The predicted octanol–water partition coefficient (Wildman–Crippen LogP) is 0.829. The quantitative estimate of drug-likeness (QED) is 0.841. The summed E-state index contributed by atoms with van der Waals surface area (Å²) in [6.45, 7) is 3.97. The number of halogens is 1. The second-order valence-electron chi connectivity index (χ2n) is 3.92. The summed E-state index contributed by atoms with van der Waals surface area (Å²) < 4.78 is 5.21. The van der Waals surface area contributed by atoms with Gasteiger partial charge in [0.1, 0.15) is 5.82 Å². The highest BCUT2D eigenvalue weighted by molar-refractivity contribution is 6.30. The third kappa shape index (κ3) is 2.59. The highest BCUT2D eigenvalue weighted by Gasteiger charge is 2.32. The number of aromatic amines is 1. The first-order chi connectivity index (χ1) is 8.09. The summed E-state index contributed by atoms with van der Waals surface area (Å²) in [6, 6.07) is -0.785. The molecule has 0 aliphatic carbocycles. The van der Waals surface area contributed by atoms with Gasteiger partial charge in [0, 0.05) is 13.1 Å². The number of rotatable bonds is 3. The van der Waals surface area contributed by atoms with Gasteiger partial charge >= 0.3 is 5.97 Å². The Labute approximate surface area is 104 Å². The van der Waals surface area contributed by atoms with Gasteiger partial charge in [0.25, 0.3) is 0 Å². The van der Waals surface area contributed by atoms with Gasteiger partial charge in [0.2, 0.25) is 0 Å². The summed E-state index contributed by atoms with van der Waals surface area (Å²) in [4.78, 5) is 20.1. The van der Waals surface area contributed by atoms with Gasteiger partial charge in [-0.3, -0.25) is 9.69 Å². The number of aryl methyl sites for hydroxylation is 1. The number of aliphatic carboxylic acids is 1. The molecule has 1 saturated heterocycles. The Hall–Kier alpha value is -1.11. The molecule has 1 aromatic rings. The number of ether oxygens (including phenoxy) is 1. The molecule has 94 valence electrons. The van der Waals surface area contributed by atoms with Gasteiger partial charge in [-0.05, 0) is 6.92 Å². The largest absolute Gasteiger partial charge is 0.480 e. The summed E-state index contributed by atoms with van der Waals surface area (Å²) in [5.41, 5.74) is 0.443. The van der Waals surface area contributed by atoms with Crippen LogP contribution in [0, 0.1) is 6.92 Å². The van der Waals surface area contributed by atoms with Crippen LogP contribution in [-0.2, 0) is 9.53 Å². The molecule has 0 aromatic carbocycles. The van der Waals surface area contributed by atoms with Gasteiger partial charge in [0.05, 0.1) is 18.9 Å². The summed E-state index contributed by atoms with van der Waals surface area (Å²) in [5, 5.41) is 9.55. The summed E-state index contributed by atoms with van der Waals surface area (Å²) in [5.74, 6) is -0.318. The zero-order valence-corrected chi connectivity index (χ0v) is 10.2. The van der Waals surface area contributed by atoms with E-state index in [2.05, 4.69) is 9.97 Å². The van der Waals surface area contributed by atoms with E-state index in [9.17, 15) is 9.90 Å². The second-order valence-corrected chi connectivity index (χ2v) is 4.27. The van der Waals surface area contributed by atoms with Crippen molar-refractivity contribution in [3.8, 4) is 0 Å². The van der Waals surface area contributed by atoms with Crippen LogP contribution in [0.2, 0.25) is 5.15 Å². The highest BCUT2D eigenvalue weighted by atomic mass is 35.5. The minimum Gasteiger partial charge on any atom is -0.480 e. The fourth-order valence-electron chi connectivity index (χ4n) is 1.96. The zero-order chi connectivity index (χ0) is 12.4. The van der Waals surface area contributed by atoms with Crippen LogP contribution in [0.1, 0.15) is 17.6 Å². The monoisotopic (exact) mass is 259 g/mol. The standard InChI is InChI=1S/C10H14ClN3O3/c1-6-12-7(9(11)13-6)8(10(15)16)14-2-4-17-5-3-14/h8H,2-5H2,1H3,(H,12,13)(H,15,16). The van der Waals surface area contributed by atoms with E-state index in [1.165, 1.54) is 0 Å². The molecule has 2 heterocycles. The Morgan fingerprint density at radius 1 is 1.59 bits per heavy atom. The fraction of sp³-hybridized carbons (Fsp3) is 0.600. The molecule has 1 atom stereocenters. The molecule has 17 heavy (non-hydrogen) atoms. The van der Waals surface area contributed by atoms with Crippen LogP contribution >= 0.6 is 11.6 Å². The number of hydrogen-bond acceptors (Lipinski definition) is 4. The predicted molar refractivity (Wildman–Crippen MR) is 61.1 cm³/mol. The van der Waals surface area contributed by atoms with Gasteiger partial charge in [-0.1, -0.05) is 11.6 Å². The minimum absolute atomic E-state index is 0.224. The summed E-state index contributed by atoms with van der Waals surface area (Å²) in [7, 11) is 0. The lowest BCUT2D eigenvalue weighted by Gasteiger charge is -2.31. The topological polar surface area (TPSA) is 78.4 Å². The Bertz CT molecular complexity index is 415. The van der Waals surface area contributed by atoms with Gasteiger partial charge < -0.3 is 14.8 Å². The van der Waals surface area contributed by atoms with E-state index in [4.69, 9.17) is 16.3 Å². The molecule has 0 saturated carbocycles. The Balaban J connectivity index is 2.28. The van der Waals surface area contributed by atoms with Gasteiger partial charge in [-0.15, -0.1) is 0 Å². The number of nitrogens with one attached hydrogen (secondary N) is 1. The average molecular weight is 260 g/mol. The molecule has 0 amide bonds. The van der Waals surface area contributed by atoms with Crippen molar-refractivity contribution in [3.63, 3.8) is 0 Å². The third-order valence-corrected chi connectivity index (χ3v) is 3.01. The van der Waals surface area contributed by atoms with E-state index in [1.807, 2.05) is 4.90 Å². The number of morpholine rings is 1. The number of hydrogen-bond donors (Lipinski definition) is 2. The molecule has 2 rings (SSSR count). The van der Waals surface area contributed by atoms with Crippen molar-refractivity contribution in [2.45, 2.75) is 13.0 Å². The van der Waals surface area contributed by atoms with Crippen LogP contribution in [0.25, 0.3) is 0 Å². The van der Waals surface area contributed by atoms with E-state index in [0.29, 0.717) is 37.8 Å². The highest BCUT2D eigenvalue weighted by Crippen LogP contribution is 2.26. The van der Waals surface area contributed by atoms with E-state index in [-0.39, 0.29) is 5.15 Å². The number of H-pyrrole nitrogens is 1. The van der Waals surface area contributed by atoms with Crippen molar-refractivity contribution >= 4 is 17.6 Å². The molecule has 1 fully saturated rings. The average Bonchev–Trinajstić information content (AvgIpc) is 2.59. The van der Waals surface area contributed by atoms with Crippen molar-refractivity contribution in [1.29, 1.82) is 0 Å². The molecule has 1 aromatic heterocycles. The zero-order valence-electron chi connectivity index (χ0n) is 9.44. The number of carboxylic acid groups (broad SMARTS) is 1. The first kappa shape index (κ1) is 12.3. The van der Waals surface area contributed by atoms with Crippen molar-refractivity contribution in [1.82, 2.24) is 14.9 Å². The molecule has 0 bridgehead atoms. The van der Waals surface area contributed by atoms with Crippen molar-refractivity contribution in [3.05, 3.63) is 16.7 Å². The molecule has 1 unspecified atom stereocenters. The van der Waals surface area contributed by atoms with Crippen molar-refractivity contribution in [2.75, 3.05) is 26.3 Å². The van der Waals surface area contributed by atoms with Crippen molar-refractivity contribution < 1.29 is 14.6 Å². The van der Waals surface area contributed by atoms with Crippen molar-refractivity contribution in [2.24, 2.45) is 0 Å². The van der Waals surface area contributed by atoms with E-state index in [0.717, 1.165) is 0 Å². The summed E-state index contributed by atoms with van der Waals surface area (Å²) >= 11 is 5.94. The lowest BCUT2D eigenvalue weighted by molar-refractivity contribution is -0.145. The Morgan fingerprint density at radius 3 is 2.71 bits per heavy atom. The number of imidazole rings is 1. The number of carbonyl (C=O) groups is 1. The first-order valence-corrected chi connectivity index (χ1v) is 5.74. The van der Waals surface area contributed by atoms with E-state index < -0.39 is 12.0 Å².